The van der Waals surface area contributed by atoms with Crippen molar-refractivity contribution < 1.29 is 4.42 Å². The van der Waals surface area contributed by atoms with Gasteiger partial charge < -0.3 is 9.73 Å². The van der Waals surface area contributed by atoms with Gasteiger partial charge in [-0.05, 0) is 19.1 Å². The summed E-state index contributed by atoms with van der Waals surface area (Å²) in [5.74, 6) is 1.85. The van der Waals surface area contributed by atoms with Gasteiger partial charge in [-0.1, -0.05) is 0 Å². The minimum absolute atomic E-state index is 0.328. The summed E-state index contributed by atoms with van der Waals surface area (Å²) in [6, 6.07) is 7.33. The van der Waals surface area contributed by atoms with Crippen LogP contribution in [0.1, 0.15) is 17.2 Å². The van der Waals surface area contributed by atoms with Crippen LogP contribution in [-0.4, -0.2) is 9.78 Å². The fourth-order valence-corrected chi connectivity index (χ4v) is 1.36. The zero-order chi connectivity index (χ0) is 11.5. The molecular weight excluding hydrogens is 204 g/mol. The molecule has 0 fully saturated rings. The fraction of sp³-hybridized carbons (Fsp3) is 0.273. The Bertz CT molecular complexity index is 513. The van der Waals surface area contributed by atoms with E-state index in [-0.39, 0.29) is 0 Å². The molecule has 82 valence electrons. The van der Waals surface area contributed by atoms with E-state index in [1.807, 2.05) is 26.1 Å². The van der Waals surface area contributed by atoms with Gasteiger partial charge in [-0.3, -0.25) is 4.68 Å². The maximum absolute atomic E-state index is 8.60. The molecule has 0 unspecified atom stereocenters. The molecule has 0 amide bonds. The van der Waals surface area contributed by atoms with Gasteiger partial charge in [0.05, 0.1) is 6.54 Å². The second-order valence-corrected chi connectivity index (χ2v) is 3.53. The zero-order valence-electron chi connectivity index (χ0n) is 9.19. The number of nitrogens with zero attached hydrogens (tertiary/aromatic N) is 3. The Labute approximate surface area is 93.3 Å². The van der Waals surface area contributed by atoms with E-state index in [0.717, 1.165) is 17.3 Å². The van der Waals surface area contributed by atoms with E-state index < -0.39 is 0 Å². The summed E-state index contributed by atoms with van der Waals surface area (Å²) >= 11 is 0. The highest BCUT2D eigenvalue weighted by atomic mass is 16.3. The van der Waals surface area contributed by atoms with Gasteiger partial charge in [-0.25, -0.2) is 0 Å². The Morgan fingerprint density at radius 3 is 2.94 bits per heavy atom. The molecule has 0 saturated carbocycles. The summed E-state index contributed by atoms with van der Waals surface area (Å²) in [4.78, 5) is 0. The van der Waals surface area contributed by atoms with Crippen molar-refractivity contribution in [2.24, 2.45) is 7.05 Å². The second kappa shape index (κ2) is 4.11. The summed E-state index contributed by atoms with van der Waals surface area (Å²) in [5.41, 5.74) is 1.08. The van der Waals surface area contributed by atoms with Crippen LogP contribution < -0.4 is 5.32 Å². The Hall–Kier alpha value is -2.22. The monoisotopic (exact) mass is 216 g/mol. The molecule has 5 nitrogen and oxygen atoms in total. The molecule has 2 heterocycles. The number of anilines is 1. The first-order valence-electron chi connectivity index (χ1n) is 4.92. The number of hydrogen-bond donors (Lipinski definition) is 1. The summed E-state index contributed by atoms with van der Waals surface area (Å²) in [6.07, 6.45) is 0. The van der Waals surface area contributed by atoms with Crippen LogP contribution in [0.15, 0.2) is 22.6 Å². The van der Waals surface area contributed by atoms with Crippen LogP contribution in [0.2, 0.25) is 0 Å². The summed E-state index contributed by atoms with van der Waals surface area (Å²) in [5, 5.41) is 16.0. The van der Waals surface area contributed by atoms with E-state index in [1.165, 1.54) is 0 Å². The molecule has 5 heteroatoms. The molecule has 0 aromatic carbocycles. The average Bonchev–Trinajstić information content (AvgIpc) is 2.84. The summed E-state index contributed by atoms with van der Waals surface area (Å²) in [7, 11) is 1.89. The lowest BCUT2D eigenvalue weighted by Crippen LogP contribution is -1.99. The van der Waals surface area contributed by atoms with Crippen LogP contribution in [0.25, 0.3) is 0 Å². The van der Waals surface area contributed by atoms with Crippen LogP contribution >= 0.6 is 0 Å². The maximum Gasteiger partial charge on any atom is 0.203 e. The van der Waals surface area contributed by atoms with E-state index in [4.69, 9.17) is 9.68 Å². The lowest BCUT2D eigenvalue weighted by Gasteiger charge is -1.98. The highest BCUT2D eigenvalue weighted by molar-refractivity contribution is 5.36. The van der Waals surface area contributed by atoms with Crippen molar-refractivity contribution in [3.63, 3.8) is 0 Å². The largest absolute Gasteiger partial charge is 0.449 e. The number of nitriles is 1. The SMILES string of the molecule is Cc1cc(NCc2ccc(C#N)o2)nn1C. The third kappa shape index (κ3) is 2.06. The predicted molar refractivity (Wildman–Crippen MR) is 58.7 cm³/mol. The Morgan fingerprint density at radius 2 is 2.38 bits per heavy atom. The summed E-state index contributed by atoms with van der Waals surface area (Å²) in [6.45, 7) is 2.51. The van der Waals surface area contributed by atoms with Crippen molar-refractivity contribution in [2.45, 2.75) is 13.5 Å². The molecule has 2 aromatic rings. The van der Waals surface area contributed by atoms with Gasteiger partial charge in [-0.2, -0.15) is 10.4 Å². The molecular formula is C11H12N4O. The highest BCUT2D eigenvalue weighted by Crippen LogP contribution is 2.11. The molecule has 0 atom stereocenters. The lowest BCUT2D eigenvalue weighted by molar-refractivity contribution is 0.505. The van der Waals surface area contributed by atoms with Crippen molar-refractivity contribution in [1.29, 1.82) is 5.26 Å². The number of rotatable bonds is 3. The Balaban J connectivity index is 1.99. The number of aromatic nitrogens is 2. The van der Waals surface area contributed by atoms with Crippen molar-refractivity contribution in [2.75, 3.05) is 5.32 Å². The molecule has 0 radical (unpaired) electrons. The van der Waals surface area contributed by atoms with Crippen molar-refractivity contribution in [3.8, 4) is 6.07 Å². The lowest BCUT2D eigenvalue weighted by atomic mass is 10.4. The van der Waals surface area contributed by atoms with E-state index in [1.54, 1.807) is 16.8 Å². The van der Waals surface area contributed by atoms with Crippen molar-refractivity contribution in [1.82, 2.24) is 9.78 Å². The number of hydrogen-bond acceptors (Lipinski definition) is 4. The Morgan fingerprint density at radius 1 is 1.56 bits per heavy atom. The highest BCUT2D eigenvalue weighted by Gasteiger charge is 2.03. The van der Waals surface area contributed by atoms with Crippen LogP contribution in [0, 0.1) is 18.3 Å². The molecule has 0 aliphatic heterocycles. The van der Waals surface area contributed by atoms with Gasteiger partial charge in [0.1, 0.15) is 17.6 Å². The molecule has 0 aliphatic rings. The minimum Gasteiger partial charge on any atom is -0.449 e. The third-order valence-corrected chi connectivity index (χ3v) is 2.33. The number of nitrogens with one attached hydrogen (secondary N) is 1. The molecule has 2 aromatic heterocycles. The van der Waals surface area contributed by atoms with E-state index in [9.17, 15) is 0 Å². The van der Waals surface area contributed by atoms with E-state index >= 15 is 0 Å². The maximum atomic E-state index is 8.60. The molecule has 1 N–H and O–H groups in total. The van der Waals surface area contributed by atoms with Gasteiger partial charge in [0.25, 0.3) is 0 Å². The van der Waals surface area contributed by atoms with Gasteiger partial charge >= 0.3 is 0 Å². The smallest absolute Gasteiger partial charge is 0.203 e. The van der Waals surface area contributed by atoms with Gasteiger partial charge in [-0.15, -0.1) is 0 Å². The molecule has 0 spiro atoms. The molecule has 16 heavy (non-hydrogen) atoms. The topological polar surface area (TPSA) is 66.8 Å². The average molecular weight is 216 g/mol. The number of aryl methyl sites for hydroxylation is 2. The van der Waals surface area contributed by atoms with Crippen LogP contribution in [-0.2, 0) is 13.6 Å². The van der Waals surface area contributed by atoms with Gasteiger partial charge in [0, 0.05) is 18.8 Å². The number of furan rings is 1. The predicted octanol–water partition coefficient (Wildman–Crippen LogP) is 1.81. The molecule has 0 bridgehead atoms. The molecule has 0 aliphatic carbocycles. The van der Waals surface area contributed by atoms with E-state index in [0.29, 0.717) is 12.3 Å². The minimum atomic E-state index is 0.328. The Kier molecular flexibility index (Phi) is 2.64. The van der Waals surface area contributed by atoms with Crippen molar-refractivity contribution in [3.05, 3.63) is 35.4 Å². The van der Waals surface area contributed by atoms with Crippen LogP contribution in [0.4, 0.5) is 5.82 Å². The van der Waals surface area contributed by atoms with Crippen LogP contribution in [0.5, 0.6) is 0 Å². The van der Waals surface area contributed by atoms with Gasteiger partial charge in [0.15, 0.2) is 0 Å². The third-order valence-electron chi connectivity index (χ3n) is 2.33. The first-order chi connectivity index (χ1) is 7.69. The van der Waals surface area contributed by atoms with Crippen LogP contribution in [0.3, 0.4) is 0 Å². The first kappa shape index (κ1) is 10.3. The van der Waals surface area contributed by atoms with E-state index in [2.05, 4.69) is 10.4 Å². The molecule has 2 rings (SSSR count). The summed E-state index contributed by atoms with van der Waals surface area (Å²) < 4.78 is 7.03. The standard InChI is InChI=1S/C11H12N4O/c1-8-5-11(14-15(8)2)13-7-10-4-3-9(6-12)16-10/h3-5H,7H2,1-2H3,(H,13,14). The quantitative estimate of drug-likeness (QED) is 0.849. The van der Waals surface area contributed by atoms with Crippen molar-refractivity contribution >= 4 is 5.82 Å². The zero-order valence-corrected chi connectivity index (χ0v) is 9.19. The molecule has 0 saturated heterocycles. The normalized spacial score (nSPS) is 10.1. The first-order valence-corrected chi connectivity index (χ1v) is 4.92. The fourth-order valence-electron chi connectivity index (χ4n) is 1.36. The van der Waals surface area contributed by atoms with Gasteiger partial charge in [0.2, 0.25) is 5.76 Å². The second-order valence-electron chi connectivity index (χ2n) is 3.53.